The Hall–Kier alpha value is -2.37. The zero-order chi connectivity index (χ0) is 13.0. The monoisotopic (exact) mass is 247 g/mol. The minimum atomic E-state index is -1.01. The van der Waals surface area contributed by atoms with E-state index in [0.29, 0.717) is 18.8 Å². The Morgan fingerprint density at radius 2 is 2.28 bits per heavy atom. The van der Waals surface area contributed by atoms with Crippen molar-refractivity contribution in [3.8, 4) is 5.75 Å². The van der Waals surface area contributed by atoms with Crippen LogP contribution in [0.25, 0.3) is 0 Å². The summed E-state index contributed by atoms with van der Waals surface area (Å²) in [6.45, 7) is 0.455. The summed E-state index contributed by atoms with van der Waals surface area (Å²) in [6, 6.07) is 1.46. The highest BCUT2D eigenvalue weighted by atomic mass is 16.5. The third-order valence-corrected chi connectivity index (χ3v) is 2.38. The molecule has 6 nitrogen and oxygen atoms in total. The number of pyridine rings is 1. The number of hydrogen-bond acceptors (Lipinski definition) is 4. The molecule has 0 amide bonds. The average Bonchev–Trinajstić information content (AvgIpc) is 2.75. The van der Waals surface area contributed by atoms with Gasteiger partial charge in [-0.25, -0.2) is 4.79 Å². The van der Waals surface area contributed by atoms with Crippen LogP contribution >= 0.6 is 0 Å². The van der Waals surface area contributed by atoms with Crippen molar-refractivity contribution in [1.82, 2.24) is 14.8 Å². The van der Waals surface area contributed by atoms with Crippen LogP contribution in [0, 0.1) is 0 Å². The van der Waals surface area contributed by atoms with Crippen molar-refractivity contribution in [3.05, 3.63) is 42.0 Å². The second-order valence-corrected chi connectivity index (χ2v) is 3.84. The van der Waals surface area contributed by atoms with E-state index in [1.165, 1.54) is 18.5 Å². The number of ether oxygens (including phenoxy) is 1. The van der Waals surface area contributed by atoms with E-state index in [4.69, 9.17) is 9.84 Å². The Bertz CT molecular complexity index is 551. The van der Waals surface area contributed by atoms with Crippen LogP contribution in [0.1, 0.15) is 15.9 Å². The Balaban J connectivity index is 1.90. The first-order valence-corrected chi connectivity index (χ1v) is 5.44. The van der Waals surface area contributed by atoms with Crippen LogP contribution in [-0.2, 0) is 13.5 Å². The number of aryl methyl sites for hydroxylation is 1. The zero-order valence-corrected chi connectivity index (χ0v) is 9.91. The van der Waals surface area contributed by atoms with Gasteiger partial charge in [-0.15, -0.1) is 0 Å². The van der Waals surface area contributed by atoms with E-state index < -0.39 is 5.97 Å². The second-order valence-electron chi connectivity index (χ2n) is 3.84. The van der Waals surface area contributed by atoms with Gasteiger partial charge in [0.05, 0.1) is 24.6 Å². The van der Waals surface area contributed by atoms with Crippen molar-refractivity contribution in [3.63, 3.8) is 0 Å². The number of aromatic carboxylic acids is 1. The van der Waals surface area contributed by atoms with Gasteiger partial charge in [0, 0.05) is 25.9 Å². The van der Waals surface area contributed by atoms with Crippen LogP contribution in [0.2, 0.25) is 0 Å². The molecule has 0 saturated heterocycles. The fourth-order valence-corrected chi connectivity index (χ4v) is 1.50. The van der Waals surface area contributed by atoms with Gasteiger partial charge >= 0.3 is 5.97 Å². The molecule has 0 aliphatic heterocycles. The van der Waals surface area contributed by atoms with Gasteiger partial charge in [0.2, 0.25) is 0 Å². The highest BCUT2D eigenvalue weighted by Crippen LogP contribution is 2.11. The van der Waals surface area contributed by atoms with Gasteiger partial charge in [-0.2, -0.15) is 5.10 Å². The van der Waals surface area contributed by atoms with Crippen molar-refractivity contribution in [1.29, 1.82) is 0 Å². The largest absolute Gasteiger partial charge is 0.492 e. The Labute approximate surface area is 104 Å². The average molecular weight is 247 g/mol. The summed E-state index contributed by atoms with van der Waals surface area (Å²) in [5.74, 6) is -0.556. The van der Waals surface area contributed by atoms with E-state index in [-0.39, 0.29) is 5.56 Å². The molecule has 6 heteroatoms. The molecule has 18 heavy (non-hydrogen) atoms. The fraction of sp³-hybridized carbons (Fsp3) is 0.250. The zero-order valence-electron chi connectivity index (χ0n) is 9.91. The third-order valence-electron chi connectivity index (χ3n) is 2.38. The molecular weight excluding hydrogens is 234 g/mol. The summed E-state index contributed by atoms with van der Waals surface area (Å²) in [5, 5.41) is 12.9. The first-order chi connectivity index (χ1) is 8.65. The number of carbonyl (C=O) groups is 1. The van der Waals surface area contributed by atoms with E-state index in [1.807, 2.05) is 13.2 Å². The fourth-order valence-electron chi connectivity index (χ4n) is 1.50. The Kier molecular flexibility index (Phi) is 3.57. The molecule has 0 aromatic carbocycles. The number of carboxylic acids is 1. The van der Waals surface area contributed by atoms with Gasteiger partial charge in [0.25, 0.3) is 0 Å². The van der Waals surface area contributed by atoms with Crippen LogP contribution in [0.3, 0.4) is 0 Å². The molecule has 0 fully saturated rings. The number of hydrogen-bond donors (Lipinski definition) is 1. The van der Waals surface area contributed by atoms with Gasteiger partial charge in [-0.3, -0.25) is 9.67 Å². The molecule has 0 saturated carbocycles. The third kappa shape index (κ3) is 3.07. The lowest BCUT2D eigenvalue weighted by Crippen LogP contribution is -2.03. The topological polar surface area (TPSA) is 77.2 Å². The molecule has 0 aliphatic rings. The first-order valence-electron chi connectivity index (χ1n) is 5.44. The number of carboxylic acid groups (broad SMARTS) is 1. The lowest BCUT2D eigenvalue weighted by molar-refractivity contribution is 0.0696. The summed E-state index contributed by atoms with van der Waals surface area (Å²) >= 11 is 0. The van der Waals surface area contributed by atoms with Crippen molar-refractivity contribution in [2.45, 2.75) is 6.42 Å². The van der Waals surface area contributed by atoms with E-state index in [0.717, 1.165) is 5.56 Å². The Morgan fingerprint density at radius 1 is 1.44 bits per heavy atom. The maximum atomic E-state index is 10.7. The van der Waals surface area contributed by atoms with Crippen molar-refractivity contribution >= 4 is 5.97 Å². The second kappa shape index (κ2) is 5.31. The number of aromatic nitrogens is 3. The maximum absolute atomic E-state index is 10.7. The first kappa shape index (κ1) is 12.1. The molecular formula is C12H13N3O3. The summed E-state index contributed by atoms with van der Waals surface area (Å²) in [7, 11) is 1.85. The minimum Gasteiger partial charge on any atom is -0.492 e. The highest BCUT2D eigenvalue weighted by molar-refractivity contribution is 5.87. The summed E-state index contributed by atoms with van der Waals surface area (Å²) in [4.78, 5) is 14.6. The van der Waals surface area contributed by atoms with E-state index in [2.05, 4.69) is 10.1 Å². The molecule has 2 aromatic rings. The van der Waals surface area contributed by atoms with Crippen molar-refractivity contribution in [2.24, 2.45) is 7.05 Å². The molecule has 0 radical (unpaired) electrons. The SMILES string of the molecule is Cn1cc(CCOc2cncc(C(=O)O)c2)cn1. The van der Waals surface area contributed by atoms with Gasteiger partial charge < -0.3 is 9.84 Å². The van der Waals surface area contributed by atoms with Crippen molar-refractivity contribution < 1.29 is 14.6 Å². The van der Waals surface area contributed by atoms with E-state index in [9.17, 15) is 4.79 Å². The molecule has 0 aliphatic carbocycles. The molecule has 0 unspecified atom stereocenters. The van der Waals surface area contributed by atoms with Gasteiger partial charge in [-0.1, -0.05) is 0 Å². The quantitative estimate of drug-likeness (QED) is 0.857. The molecule has 0 atom stereocenters. The lowest BCUT2D eigenvalue weighted by Gasteiger charge is -2.05. The summed E-state index contributed by atoms with van der Waals surface area (Å²) in [6.07, 6.45) is 7.18. The standard InChI is InChI=1S/C12H13N3O3/c1-15-8-9(5-14-15)2-3-18-11-4-10(12(16)17)6-13-7-11/h4-8H,2-3H2,1H3,(H,16,17). The van der Waals surface area contributed by atoms with Crippen LogP contribution in [0.15, 0.2) is 30.9 Å². The Morgan fingerprint density at radius 3 is 2.94 bits per heavy atom. The predicted molar refractivity (Wildman–Crippen MR) is 63.6 cm³/mol. The molecule has 0 bridgehead atoms. The normalized spacial score (nSPS) is 10.3. The number of rotatable bonds is 5. The van der Waals surface area contributed by atoms with Gasteiger partial charge in [0.1, 0.15) is 5.75 Å². The smallest absolute Gasteiger partial charge is 0.337 e. The van der Waals surface area contributed by atoms with Gasteiger partial charge in [-0.05, 0) is 11.6 Å². The maximum Gasteiger partial charge on any atom is 0.337 e. The molecule has 1 N–H and O–H groups in total. The highest BCUT2D eigenvalue weighted by Gasteiger charge is 2.05. The number of nitrogens with zero attached hydrogens (tertiary/aromatic N) is 3. The van der Waals surface area contributed by atoms with E-state index in [1.54, 1.807) is 10.9 Å². The molecule has 2 heterocycles. The van der Waals surface area contributed by atoms with Gasteiger partial charge in [0.15, 0.2) is 0 Å². The lowest BCUT2D eigenvalue weighted by atomic mass is 10.2. The molecule has 0 spiro atoms. The van der Waals surface area contributed by atoms with Crippen LogP contribution in [-0.4, -0.2) is 32.4 Å². The molecule has 2 aromatic heterocycles. The van der Waals surface area contributed by atoms with Crippen LogP contribution in [0.4, 0.5) is 0 Å². The van der Waals surface area contributed by atoms with Crippen LogP contribution in [0.5, 0.6) is 5.75 Å². The van der Waals surface area contributed by atoms with Crippen molar-refractivity contribution in [2.75, 3.05) is 6.61 Å². The minimum absolute atomic E-state index is 0.119. The molecule has 94 valence electrons. The van der Waals surface area contributed by atoms with E-state index >= 15 is 0 Å². The predicted octanol–water partition coefficient (Wildman–Crippen LogP) is 1.13. The molecule has 2 rings (SSSR count). The summed E-state index contributed by atoms with van der Waals surface area (Å²) in [5.41, 5.74) is 1.19. The van der Waals surface area contributed by atoms with Crippen LogP contribution < -0.4 is 4.74 Å². The summed E-state index contributed by atoms with van der Waals surface area (Å²) < 4.78 is 7.17.